The monoisotopic (exact) mass is 554 g/mol. The van der Waals surface area contributed by atoms with Crippen molar-refractivity contribution in [2.45, 2.75) is 19.9 Å². The van der Waals surface area contributed by atoms with Crippen molar-refractivity contribution in [2.24, 2.45) is 4.99 Å². The summed E-state index contributed by atoms with van der Waals surface area (Å²) in [6.07, 6.45) is 1.71. The number of aromatic nitrogens is 1. The Balaban J connectivity index is 1.53. The van der Waals surface area contributed by atoms with E-state index in [1.54, 1.807) is 30.6 Å². The van der Waals surface area contributed by atoms with E-state index in [9.17, 15) is 9.59 Å². The normalized spacial score (nSPS) is 15.4. The van der Waals surface area contributed by atoms with Crippen LogP contribution in [0.15, 0.2) is 104 Å². The number of hydrogen-bond donors (Lipinski definition) is 0. The minimum atomic E-state index is -0.688. The zero-order chi connectivity index (χ0) is 27.1. The molecule has 0 saturated carbocycles. The lowest BCUT2D eigenvalue weighted by molar-refractivity contribution is -0.139. The van der Waals surface area contributed by atoms with E-state index in [0.29, 0.717) is 37.1 Å². The van der Waals surface area contributed by atoms with Crippen LogP contribution in [-0.4, -0.2) is 17.1 Å². The van der Waals surface area contributed by atoms with Crippen LogP contribution in [-0.2, 0) is 9.53 Å². The minimum Gasteiger partial charge on any atom is -0.463 e. The van der Waals surface area contributed by atoms with Crippen LogP contribution in [0.5, 0.6) is 0 Å². The molecule has 8 heteroatoms. The molecule has 6 rings (SSSR count). The molecule has 3 heterocycles. The second-order valence-corrected chi connectivity index (χ2v) is 10.5. The number of thiazole rings is 1. The third kappa shape index (κ3) is 4.54. The van der Waals surface area contributed by atoms with Crippen LogP contribution in [0.3, 0.4) is 0 Å². The zero-order valence-corrected chi connectivity index (χ0v) is 22.8. The Morgan fingerprint density at radius 1 is 1.10 bits per heavy atom. The number of fused-ring (bicyclic) bond motifs is 2. The molecule has 0 fully saturated rings. The number of esters is 1. The summed E-state index contributed by atoms with van der Waals surface area (Å²) in [5, 5.41) is 2.58. The largest absolute Gasteiger partial charge is 0.463 e. The number of rotatable bonds is 5. The van der Waals surface area contributed by atoms with E-state index in [1.165, 1.54) is 11.3 Å². The lowest BCUT2D eigenvalue weighted by Gasteiger charge is -2.25. The quantitative estimate of drug-likeness (QED) is 0.255. The van der Waals surface area contributed by atoms with E-state index < -0.39 is 12.0 Å². The van der Waals surface area contributed by atoms with Gasteiger partial charge in [0, 0.05) is 16.7 Å². The molecule has 0 saturated heterocycles. The van der Waals surface area contributed by atoms with Crippen molar-refractivity contribution in [3.63, 3.8) is 0 Å². The number of furan rings is 1. The first kappa shape index (κ1) is 25.1. The molecule has 0 bridgehead atoms. The summed E-state index contributed by atoms with van der Waals surface area (Å²) in [6, 6.07) is 24.2. The molecule has 3 aromatic carbocycles. The summed E-state index contributed by atoms with van der Waals surface area (Å²) in [7, 11) is 0. The van der Waals surface area contributed by atoms with Gasteiger partial charge in [0.15, 0.2) is 4.80 Å². The molecule has 0 N–H and O–H groups in total. The highest BCUT2D eigenvalue weighted by molar-refractivity contribution is 7.07. The van der Waals surface area contributed by atoms with Crippen LogP contribution in [0.2, 0.25) is 5.02 Å². The molecule has 0 aliphatic carbocycles. The standard InChI is InChI=1S/C31H23ClN2O4S/c1-3-37-30(36)27-18(2)33-31-34(28(27)24-13-7-9-19-8-4-5-12-23(19)24)29(35)26(39-31)17-22-14-15-25(38-22)20-10-6-11-21(32)16-20/h4-17,28H,3H2,1-2H3/b26-17+/t28-/m0/s1. The van der Waals surface area contributed by atoms with E-state index >= 15 is 0 Å². The van der Waals surface area contributed by atoms with Gasteiger partial charge in [-0.3, -0.25) is 9.36 Å². The van der Waals surface area contributed by atoms with Crippen molar-refractivity contribution < 1.29 is 13.9 Å². The van der Waals surface area contributed by atoms with Crippen LogP contribution < -0.4 is 14.9 Å². The predicted octanol–water partition coefficient (Wildman–Crippen LogP) is 5.86. The van der Waals surface area contributed by atoms with Gasteiger partial charge in [-0.15, -0.1) is 0 Å². The van der Waals surface area contributed by atoms with Crippen LogP contribution in [0.1, 0.15) is 31.2 Å². The third-order valence-corrected chi connectivity index (χ3v) is 7.86. The lowest BCUT2D eigenvalue weighted by atomic mass is 9.91. The molecular formula is C31H23ClN2O4S. The van der Waals surface area contributed by atoms with Gasteiger partial charge in [-0.25, -0.2) is 9.79 Å². The summed E-state index contributed by atoms with van der Waals surface area (Å²) in [6.45, 7) is 3.76. The van der Waals surface area contributed by atoms with Gasteiger partial charge >= 0.3 is 5.97 Å². The number of benzene rings is 3. The smallest absolute Gasteiger partial charge is 0.338 e. The van der Waals surface area contributed by atoms with Crippen molar-refractivity contribution in [1.29, 1.82) is 0 Å². The highest BCUT2D eigenvalue weighted by atomic mass is 35.5. The van der Waals surface area contributed by atoms with E-state index in [-0.39, 0.29) is 12.2 Å². The van der Waals surface area contributed by atoms with Crippen LogP contribution in [0.25, 0.3) is 28.2 Å². The fraction of sp³-hybridized carbons (Fsp3) is 0.129. The Kier molecular flexibility index (Phi) is 6.54. The first-order valence-electron chi connectivity index (χ1n) is 12.5. The molecule has 0 radical (unpaired) electrons. The van der Waals surface area contributed by atoms with Crippen molar-refractivity contribution in [1.82, 2.24) is 4.57 Å². The van der Waals surface area contributed by atoms with Crippen molar-refractivity contribution in [3.05, 3.63) is 126 Å². The molecule has 0 spiro atoms. The Morgan fingerprint density at radius 3 is 2.72 bits per heavy atom. The average Bonchev–Trinajstić information content (AvgIpc) is 3.52. The molecule has 39 heavy (non-hydrogen) atoms. The summed E-state index contributed by atoms with van der Waals surface area (Å²) in [4.78, 5) is 32.3. The number of carbonyl (C=O) groups excluding carboxylic acids is 1. The summed E-state index contributed by atoms with van der Waals surface area (Å²) in [5.74, 6) is 0.687. The molecule has 194 valence electrons. The van der Waals surface area contributed by atoms with Gasteiger partial charge in [-0.05, 0) is 54.4 Å². The molecule has 2 aromatic heterocycles. The topological polar surface area (TPSA) is 73.8 Å². The van der Waals surface area contributed by atoms with Crippen molar-refractivity contribution in [3.8, 4) is 11.3 Å². The molecular weight excluding hydrogens is 532 g/mol. The second-order valence-electron chi connectivity index (χ2n) is 9.08. The maximum atomic E-state index is 13.9. The van der Waals surface area contributed by atoms with E-state index in [2.05, 4.69) is 4.99 Å². The Labute approximate surface area is 232 Å². The van der Waals surface area contributed by atoms with Gasteiger partial charge in [0.2, 0.25) is 0 Å². The van der Waals surface area contributed by atoms with Gasteiger partial charge in [-0.2, -0.15) is 0 Å². The van der Waals surface area contributed by atoms with E-state index in [1.807, 2.05) is 72.8 Å². The van der Waals surface area contributed by atoms with Crippen molar-refractivity contribution >= 4 is 45.8 Å². The number of hydrogen-bond acceptors (Lipinski definition) is 6. The Hall–Kier alpha value is -4.20. The minimum absolute atomic E-state index is 0.218. The van der Waals surface area contributed by atoms with Gasteiger partial charge in [0.05, 0.1) is 28.5 Å². The summed E-state index contributed by atoms with van der Waals surface area (Å²) < 4.78 is 13.5. The van der Waals surface area contributed by atoms with Crippen LogP contribution >= 0.6 is 22.9 Å². The Morgan fingerprint density at radius 2 is 1.90 bits per heavy atom. The second kappa shape index (κ2) is 10.2. The third-order valence-electron chi connectivity index (χ3n) is 6.64. The van der Waals surface area contributed by atoms with Gasteiger partial charge in [0.1, 0.15) is 11.5 Å². The van der Waals surface area contributed by atoms with E-state index in [0.717, 1.165) is 21.9 Å². The SMILES string of the molecule is CCOC(=O)C1=C(C)N=c2s/c(=C/c3ccc(-c4cccc(Cl)c4)o3)c(=O)n2[C@H]1c1cccc2ccccc12. The predicted molar refractivity (Wildman–Crippen MR) is 154 cm³/mol. The van der Waals surface area contributed by atoms with Gasteiger partial charge < -0.3 is 9.15 Å². The zero-order valence-electron chi connectivity index (χ0n) is 21.2. The molecule has 0 amide bonds. The maximum absolute atomic E-state index is 13.9. The number of ether oxygens (including phenoxy) is 1. The van der Waals surface area contributed by atoms with Crippen LogP contribution in [0.4, 0.5) is 0 Å². The van der Waals surface area contributed by atoms with Crippen molar-refractivity contribution in [2.75, 3.05) is 6.61 Å². The fourth-order valence-corrected chi connectivity index (χ4v) is 6.15. The first-order chi connectivity index (χ1) is 18.9. The summed E-state index contributed by atoms with van der Waals surface area (Å²) >= 11 is 7.40. The number of allylic oxidation sites excluding steroid dienone is 1. The summed E-state index contributed by atoms with van der Waals surface area (Å²) in [5.41, 5.74) is 2.30. The number of carbonyl (C=O) groups is 1. The maximum Gasteiger partial charge on any atom is 0.338 e. The molecule has 0 unspecified atom stereocenters. The van der Waals surface area contributed by atoms with Gasteiger partial charge in [0.25, 0.3) is 5.56 Å². The highest BCUT2D eigenvalue weighted by Gasteiger charge is 2.34. The van der Waals surface area contributed by atoms with E-state index in [4.69, 9.17) is 20.8 Å². The molecule has 1 atom stereocenters. The average molecular weight is 555 g/mol. The molecule has 5 aromatic rings. The number of halogens is 1. The number of nitrogens with zero attached hydrogens (tertiary/aromatic N) is 2. The fourth-order valence-electron chi connectivity index (χ4n) is 4.93. The van der Waals surface area contributed by atoms with Gasteiger partial charge in [-0.1, -0.05) is 77.5 Å². The lowest BCUT2D eigenvalue weighted by Crippen LogP contribution is -2.40. The Bertz CT molecular complexity index is 1960. The highest BCUT2D eigenvalue weighted by Crippen LogP contribution is 2.35. The molecule has 6 nitrogen and oxygen atoms in total. The van der Waals surface area contributed by atoms with Crippen LogP contribution in [0, 0.1) is 0 Å². The molecule has 1 aliphatic rings. The molecule has 1 aliphatic heterocycles. The first-order valence-corrected chi connectivity index (χ1v) is 13.7.